The highest BCUT2D eigenvalue weighted by Crippen LogP contribution is 2.14. The minimum absolute atomic E-state index is 0.0611. The number of carbonyl (C=O) groups is 1. The number of aromatic nitrogens is 1. The molecule has 0 aliphatic rings. The third-order valence-corrected chi connectivity index (χ3v) is 5.81. The van der Waals surface area contributed by atoms with Crippen molar-refractivity contribution in [3.63, 3.8) is 0 Å². The van der Waals surface area contributed by atoms with Gasteiger partial charge in [0.15, 0.2) is 5.82 Å². The normalized spacial score (nSPS) is 13.2. The molecule has 1 aromatic heterocycles. The number of aryl methyl sites for hydroxylation is 1. The Bertz CT molecular complexity index is 1280. The van der Waals surface area contributed by atoms with Gasteiger partial charge in [0, 0.05) is 19.2 Å². The second-order valence-electron chi connectivity index (χ2n) is 8.35. The Morgan fingerprint density at radius 3 is 2.47 bits per heavy atom. The fourth-order valence-electron chi connectivity index (χ4n) is 3.58. The summed E-state index contributed by atoms with van der Waals surface area (Å²) in [5.74, 6) is -3.06. The number of nitrogens with zero attached hydrogens (tertiary/aromatic N) is 1. The van der Waals surface area contributed by atoms with Gasteiger partial charge in [-0.1, -0.05) is 31.2 Å². The fraction of sp³-hybridized carbons (Fsp3) is 0.333. The molecule has 0 saturated carbocycles. The van der Waals surface area contributed by atoms with E-state index in [0.717, 1.165) is 42.7 Å². The van der Waals surface area contributed by atoms with Crippen LogP contribution in [0.15, 0.2) is 53.1 Å². The molecule has 1 amide bonds. The molecule has 0 radical (unpaired) electrons. The summed E-state index contributed by atoms with van der Waals surface area (Å²) in [4.78, 5) is 16.5. The molecule has 12 heteroatoms. The lowest BCUT2D eigenvalue weighted by Gasteiger charge is -2.24. The third-order valence-electron chi connectivity index (χ3n) is 5.23. The van der Waals surface area contributed by atoms with E-state index >= 15 is 0 Å². The summed E-state index contributed by atoms with van der Waals surface area (Å²) in [6.45, 7) is 2.57. The van der Waals surface area contributed by atoms with Gasteiger partial charge in [0.1, 0.15) is 17.9 Å². The maximum Gasteiger partial charge on any atom is 0.307 e. The number of anilines is 1. The van der Waals surface area contributed by atoms with Crippen molar-refractivity contribution in [1.29, 1.82) is 0 Å². The monoisotopic (exact) mass is 522 g/mol. The van der Waals surface area contributed by atoms with Gasteiger partial charge in [-0.25, -0.2) is 17.2 Å². The van der Waals surface area contributed by atoms with Crippen LogP contribution in [0.2, 0.25) is 0 Å². The zero-order valence-corrected chi connectivity index (χ0v) is 20.6. The summed E-state index contributed by atoms with van der Waals surface area (Å²) < 4.78 is 57.2. The van der Waals surface area contributed by atoms with Crippen molar-refractivity contribution in [1.82, 2.24) is 15.6 Å². The molecule has 194 valence electrons. The van der Waals surface area contributed by atoms with Crippen LogP contribution in [0.4, 0.5) is 14.6 Å². The first-order chi connectivity index (χ1) is 17.0. The number of aliphatic hydroxyl groups is 1. The molecule has 2 aromatic carbocycles. The maximum absolute atomic E-state index is 13.7. The molecule has 3 aromatic rings. The summed E-state index contributed by atoms with van der Waals surface area (Å²) in [6, 6.07) is 9.90. The quantitative estimate of drug-likeness (QED) is 0.287. The minimum atomic E-state index is -3.64. The molecule has 1 heterocycles. The number of halogens is 2. The number of oxazole rings is 1. The van der Waals surface area contributed by atoms with Crippen LogP contribution in [0, 0.1) is 11.6 Å². The molecule has 2 atom stereocenters. The zero-order valence-electron chi connectivity index (χ0n) is 19.8. The van der Waals surface area contributed by atoms with Gasteiger partial charge >= 0.3 is 5.91 Å². The largest absolute Gasteiger partial charge is 0.439 e. The van der Waals surface area contributed by atoms with Gasteiger partial charge < -0.3 is 20.2 Å². The number of hydrogen-bond donors (Lipinski definition) is 4. The van der Waals surface area contributed by atoms with E-state index in [1.54, 1.807) is 0 Å². The summed E-state index contributed by atoms with van der Waals surface area (Å²) >= 11 is 0. The topological polar surface area (TPSA) is 134 Å². The smallest absolute Gasteiger partial charge is 0.307 e. The van der Waals surface area contributed by atoms with E-state index in [1.165, 1.54) is 5.56 Å². The van der Waals surface area contributed by atoms with Gasteiger partial charge in [0.05, 0.1) is 18.4 Å². The van der Waals surface area contributed by atoms with Gasteiger partial charge in [-0.3, -0.25) is 9.52 Å². The number of sulfonamides is 1. The predicted molar refractivity (Wildman–Crippen MR) is 130 cm³/mol. The Hall–Kier alpha value is -3.35. The molecule has 0 bridgehead atoms. The maximum atomic E-state index is 13.7. The third kappa shape index (κ3) is 8.40. The lowest BCUT2D eigenvalue weighted by atomic mass is 10.0. The first-order valence-electron chi connectivity index (χ1n) is 11.2. The van der Waals surface area contributed by atoms with E-state index in [9.17, 15) is 27.1 Å². The molecule has 0 fully saturated rings. The number of carbonyl (C=O) groups excluding carboxylic acids is 1. The van der Waals surface area contributed by atoms with Crippen molar-refractivity contribution in [2.24, 2.45) is 0 Å². The van der Waals surface area contributed by atoms with Crippen molar-refractivity contribution in [3.05, 3.63) is 82.9 Å². The number of amides is 1. The highest BCUT2D eigenvalue weighted by Gasteiger charge is 2.25. The molecule has 0 aliphatic carbocycles. The van der Waals surface area contributed by atoms with Gasteiger partial charge in [0.2, 0.25) is 10.0 Å². The van der Waals surface area contributed by atoms with E-state index in [4.69, 9.17) is 4.42 Å². The summed E-state index contributed by atoms with van der Waals surface area (Å²) in [6.07, 6.45) is 1.51. The molecule has 0 aliphatic heterocycles. The Labute approximate surface area is 208 Å². The van der Waals surface area contributed by atoms with Gasteiger partial charge in [-0.2, -0.15) is 4.98 Å². The fourth-order valence-corrected chi connectivity index (χ4v) is 4.05. The number of aliphatic hydroxyl groups excluding tert-OH is 1. The number of rotatable bonds is 12. The van der Waals surface area contributed by atoms with Crippen molar-refractivity contribution < 1.29 is 31.5 Å². The summed E-state index contributed by atoms with van der Waals surface area (Å²) in [7, 11) is -3.64. The SMILES string of the molecule is CCc1cccc(CNCC(O)C(Cc2cc(F)cc(F)c2)NC(=O)c2nc(NS(C)(=O)=O)co2)c1. The Morgan fingerprint density at radius 2 is 1.81 bits per heavy atom. The molecule has 0 spiro atoms. The van der Waals surface area contributed by atoms with E-state index < -0.39 is 45.6 Å². The number of benzene rings is 2. The van der Waals surface area contributed by atoms with Crippen molar-refractivity contribution in [3.8, 4) is 0 Å². The Kier molecular flexibility index (Phi) is 9.13. The molecule has 3 rings (SSSR count). The first-order valence-corrected chi connectivity index (χ1v) is 13.1. The molecule has 36 heavy (non-hydrogen) atoms. The lowest BCUT2D eigenvalue weighted by molar-refractivity contribution is 0.0798. The van der Waals surface area contributed by atoms with Crippen LogP contribution < -0.4 is 15.4 Å². The zero-order chi connectivity index (χ0) is 26.3. The van der Waals surface area contributed by atoms with Gasteiger partial charge in [0.25, 0.3) is 5.89 Å². The highest BCUT2D eigenvalue weighted by molar-refractivity contribution is 7.92. The Morgan fingerprint density at radius 1 is 1.11 bits per heavy atom. The number of hydrogen-bond acceptors (Lipinski definition) is 7. The van der Waals surface area contributed by atoms with Crippen LogP contribution in [0.3, 0.4) is 0 Å². The average Bonchev–Trinajstić information content (AvgIpc) is 3.25. The molecule has 9 nitrogen and oxygen atoms in total. The first kappa shape index (κ1) is 27.2. The van der Waals surface area contributed by atoms with E-state index in [-0.39, 0.29) is 24.3 Å². The summed E-state index contributed by atoms with van der Waals surface area (Å²) in [5, 5.41) is 16.5. The highest BCUT2D eigenvalue weighted by atomic mass is 32.2. The number of nitrogens with one attached hydrogen (secondary N) is 3. The van der Waals surface area contributed by atoms with Crippen LogP contribution >= 0.6 is 0 Å². The molecular formula is C24H28F2N4O5S. The Balaban J connectivity index is 1.71. The molecule has 2 unspecified atom stereocenters. The van der Waals surface area contributed by atoms with Crippen LogP contribution in [-0.2, 0) is 29.4 Å². The van der Waals surface area contributed by atoms with Gasteiger partial charge in [-0.05, 0) is 41.7 Å². The standard InChI is InChI=1S/C24H28F2N4O5S/c1-3-15-5-4-6-16(7-15)12-27-13-21(31)20(10-17-8-18(25)11-19(26)9-17)28-23(32)24-29-22(14-35-24)30-36(2,33)34/h4-9,11,14,20-21,27,30-31H,3,10,12-13H2,1-2H3,(H,28,32). The second kappa shape index (κ2) is 12.1. The van der Waals surface area contributed by atoms with E-state index in [0.29, 0.717) is 6.54 Å². The van der Waals surface area contributed by atoms with Crippen LogP contribution in [0.5, 0.6) is 0 Å². The minimum Gasteiger partial charge on any atom is -0.439 e. The molecule has 0 saturated heterocycles. The van der Waals surface area contributed by atoms with Crippen molar-refractivity contribution >= 4 is 21.7 Å². The second-order valence-corrected chi connectivity index (χ2v) is 10.1. The van der Waals surface area contributed by atoms with Gasteiger partial charge in [-0.15, -0.1) is 0 Å². The average molecular weight is 523 g/mol. The van der Waals surface area contributed by atoms with Crippen LogP contribution in [0.1, 0.15) is 34.3 Å². The molecule has 4 N–H and O–H groups in total. The molecular weight excluding hydrogens is 494 g/mol. The summed E-state index contributed by atoms with van der Waals surface area (Å²) in [5.41, 5.74) is 2.41. The van der Waals surface area contributed by atoms with E-state index in [1.807, 2.05) is 31.2 Å². The predicted octanol–water partition coefficient (Wildman–Crippen LogP) is 2.38. The van der Waals surface area contributed by atoms with Crippen molar-refractivity contribution in [2.45, 2.75) is 38.5 Å². The van der Waals surface area contributed by atoms with E-state index in [2.05, 4.69) is 20.3 Å². The lowest BCUT2D eigenvalue weighted by Crippen LogP contribution is -2.48. The van der Waals surface area contributed by atoms with Crippen LogP contribution in [0.25, 0.3) is 0 Å². The van der Waals surface area contributed by atoms with Crippen LogP contribution in [-0.4, -0.2) is 49.4 Å². The van der Waals surface area contributed by atoms with Crippen molar-refractivity contribution in [2.75, 3.05) is 17.5 Å².